The van der Waals surface area contributed by atoms with E-state index in [2.05, 4.69) is 10.3 Å². The Morgan fingerprint density at radius 1 is 1.21 bits per heavy atom. The molecule has 70 valence electrons. The molecule has 0 bridgehead atoms. The van der Waals surface area contributed by atoms with Gasteiger partial charge in [0.2, 0.25) is 0 Å². The highest BCUT2D eigenvalue weighted by molar-refractivity contribution is 6.10. The molecule has 0 unspecified atom stereocenters. The number of H-pyrrole nitrogens is 1. The molecule has 0 fully saturated rings. The van der Waals surface area contributed by atoms with Crippen LogP contribution in [0.4, 0.5) is 0 Å². The molecule has 1 aromatic carbocycles. The van der Waals surface area contributed by atoms with E-state index in [0.29, 0.717) is 6.54 Å². The maximum absolute atomic E-state index is 11.7. The van der Waals surface area contributed by atoms with Crippen molar-refractivity contribution in [2.45, 2.75) is 6.54 Å². The van der Waals surface area contributed by atoms with Gasteiger partial charge < -0.3 is 10.3 Å². The normalized spacial score (nSPS) is 15.9. The van der Waals surface area contributed by atoms with Crippen LogP contribution < -0.4 is 5.32 Å². The summed E-state index contributed by atoms with van der Waals surface area (Å²) in [4.78, 5) is 14.9. The van der Waals surface area contributed by atoms with Gasteiger partial charge in [-0.3, -0.25) is 4.79 Å². The van der Waals surface area contributed by atoms with Crippen LogP contribution in [0.2, 0.25) is 0 Å². The van der Waals surface area contributed by atoms with Crippen LogP contribution in [0.15, 0.2) is 24.4 Å². The van der Waals surface area contributed by atoms with Crippen molar-refractivity contribution in [1.82, 2.24) is 10.3 Å². The average molecular weight is 186 g/mol. The Kier molecular flexibility index (Phi) is 1.49. The van der Waals surface area contributed by atoms with E-state index in [1.807, 2.05) is 24.4 Å². The molecule has 3 heteroatoms. The van der Waals surface area contributed by atoms with Crippen molar-refractivity contribution >= 4 is 16.7 Å². The highest BCUT2D eigenvalue weighted by Crippen LogP contribution is 2.24. The lowest BCUT2D eigenvalue weighted by molar-refractivity contribution is 0.0994. The number of aromatic amines is 1. The summed E-state index contributed by atoms with van der Waals surface area (Å²) in [5.41, 5.74) is 3.07. The van der Waals surface area contributed by atoms with Crippen LogP contribution in [0.3, 0.4) is 0 Å². The van der Waals surface area contributed by atoms with Gasteiger partial charge in [0.1, 0.15) is 0 Å². The minimum Gasteiger partial charge on any atom is -0.361 e. The molecule has 1 aliphatic heterocycles. The van der Waals surface area contributed by atoms with E-state index in [-0.39, 0.29) is 5.78 Å². The molecule has 14 heavy (non-hydrogen) atoms. The highest BCUT2D eigenvalue weighted by Gasteiger charge is 2.17. The van der Waals surface area contributed by atoms with Crippen LogP contribution in [-0.2, 0) is 6.54 Å². The lowest BCUT2D eigenvalue weighted by atomic mass is 10.0. The third-order valence-electron chi connectivity index (χ3n) is 2.69. The zero-order valence-electron chi connectivity index (χ0n) is 7.63. The van der Waals surface area contributed by atoms with Gasteiger partial charge in [0.25, 0.3) is 0 Å². The molecule has 2 N–H and O–H groups in total. The Balaban J connectivity index is 2.44. The molecule has 3 rings (SSSR count). The summed E-state index contributed by atoms with van der Waals surface area (Å²) in [5.74, 6) is 0.175. The Morgan fingerprint density at radius 3 is 3.07 bits per heavy atom. The topological polar surface area (TPSA) is 44.9 Å². The highest BCUT2D eigenvalue weighted by atomic mass is 16.1. The van der Waals surface area contributed by atoms with Crippen LogP contribution in [0.5, 0.6) is 0 Å². The molecule has 0 saturated heterocycles. The first-order valence-electron chi connectivity index (χ1n) is 4.69. The second kappa shape index (κ2) is 2.69. The number of hydrogen-bond donors (Lipinski definition) is 2. The minimum absolute atomic E-state index is 0.175. The maximum Gasteiger partial charge on any atom is 0.177 e. The third-order valence-corrected chi connectivity index (χ3v) is 2.69. The predicted molar refractivity (Wildman–Crippen MR) is 54.3 cm³/mol. The molecule has 0 atom stereocenters. The van der Waals surface area contributed by atoms with Gasteiger partial charge in [-0.25, -0.2) is 0 Å². The molecule has 2 aromatic rings. The van der Waals surface area contributed by atoms with Gasteiger partial charge in [0.15, 0.2) is 5.78 Å². The molecule has 0 amide bonds. The number of ketones is 1. The molecule has 0 spiro atoms. The second-order valence-corrected chi connectivity index (χ2v) is 3.57. The van der Waals surface area contributed by atoms with Crippen LogP contribution >= 0.6 is 0 Å². The van der Waals surface area contributed by atoms with Gasteiger partial charge in [-0.15, -0.1) is 0 Å². The zero-order valence-corrected chi connectivity index (χ0v) is 7.63. The third kappa shape index (κ3) is 0.930. The number of carbonyl (C=O) groups is 1. The molecular formula is C11H10N2O. The van der Waals surface area contributed by atoms with E-state index in [9.17, 15) is 4.79 Å². The van der Waals surface area contributed by atoms with Crippen LogP contribution in [0.1, 0.15) is 15.9 Å². The summed E-state index contributed by atoms with van der Waals surface area (Å²) < 4.78 is 0. The first-order valence-corrected chi connectivity index (χ1v) is 4.69. The van der Waals surface area contributed by atoms with Gasteiger partial charge in [0.05, 0.1) is 6.54 Å². The largest absolute Gasteiger partial charge is 0.361 e. The second-order valence-electron chi connectivity index (χ2n) is 3.57. The van der Waals surface area contributed by atoms with Crippen molar-refractivity contribution < 1.29 is 4.79 Å². The monoisotopic (exact) mass is 186 g/mol. The summed E-state index contributed by atoms with van der Waals surface area (Å²) in [5, 5.41) is 4.21. The van der Waals surface area contributed by atoms with Crippen molar-refractivity contribution in [3.8, 4) is 0 Å². The fraction of sp³-hybridized carbons (Fsp3) is 0.182. The lowest BCUT2D eigenvalue weighted by Crippen LogP contribution is -2.19. The SMILES string of the molecule is O=C1CNCc2c[nH]c3cccc1c23. The maximum atomic E-state index is 11.7. The van der Waals surface area contributed by atoms with Crippen LogP contribution in [-0.4, -0.2) is 17.3 Å². The van der Waals surface area contributed by atoms with E-state index < -0.39 is 0 Å². The molecule has 0 aliphatic carbocycles. The van der Waals surface area contributed by atoms with E-state index in [4.69, 9.17) is 0 Å². The predicted octanol–water partition coefficient (Wildman–Crippen LogP) is 1.45. The molecule has 3 nitrogen and oxygen atoms in total. The van der Waals surface area contributed by atoms with Crippen molar-refractivity contribution in [3.05, 3.63) is 35.5 Å². The number of hydrogen-bond acceptors (Lipinski definition) is 2. The quantitative estimate of drug-likeness (QED) is 0.654. The summed E-state index contributed by atoms with van der Waals surface area (Å²) in [7, 11) is 0. The van der Waals surface area contributed by atoms with Crippen molar-refractivity contribution in [1.29, 1.82) is 0 Å². The number of aromatic nitrogens is 1. The number of benzene rings is 1. The first kappa shape index (κ1) is 7.76. The van der Waals surface area contributed by atoms with Crippen molar-refractivity contribution in [2.24, 2.45) is 0 Å². The van der Waals surface area contributed by atoms with Gasteiger partial charge in [-0.05, 0) is 11.6 Å². The Morgan fingerprint density at radius 2 is 2.14 bits per heavy atom. The van der Waals surface area contributed by atoms with Crippen molar-refractivity contribution in [3.63, 3.8) is 0 Å². The fourth-order valence-electron chi connectivity index (χ4n) is 2.03. The molecular weight excluding hydrogens is 176 g/mol. The Bertz CT molecular complexity index is 513. The minimum atomic E-state index is 0.175. The molecule has 1 aliphatic rings. The van der Waals surface area contributed by atoms with Crippen LogP contribution in [0, 0.1) is 0 Å². The molecule has 0 radical (unpaired) electrons. The Hall–Kier alpha value is -1.61. The van der Waals surface area contributed by atoms with E-state index >= 15 is 0 Å². The van der Waals surface area contributed by atoms with E-state index in [1.165, 1.54) is 5.56 Å². The average Bonchev–Trinajstić information content (AvgIpc) is 2.53. The summed E-state index contributed by atoms with van der Waals surface area (Å²) in [6, 6.07) is 5.82. The van der Waals surface area contributed by atoms with Crippen LogP contribution in [0.25, 0.3) is 10.9 Å². The summed E-state index contributed by atoms with van der Waals surface area (Å²) in [6.07, 6.45) is 1.97. The lowest BCUT2D eigenvalue weighted by Gasteiger charge is -1.98. The van der Waals surface area contributed by atoms with E-state index in [1.54, 1.807) is 0 Å². The van der Waals surface area contributed by atoms with E-state index in [0.717, 1.165) is 23.0 Å². The summed E-state index contributed by atoms with van der Waals surface area (Å²) >= 11 is 0. The van der Waals surface area contributed by atoms with Gasteiger partial charge in [-0.1, -0.05) is 12.1 Å². The van der Waals surface area contributed by atoms with Crippen molar-refractivity contribution in [2.75, 3.05) is 6.54 Å². The summed E-state index contributed by atoms with van der Waals surface area (Å²) in [6.45, 7) is 1.20. The van der Waals surface area contributed by atoms with Gasteiger partial charge in [0, 0.05) is 29.2 Å². The fourth-order valence-corrected chi connectivity index (χ4v) is 2.03. The number of nitrogens with one attached hydrogen (secondary N) is 2. The number of carbonyl (C=O) groups excluding carboxylic acids is 1. The molecule has 2 heterocycles. The number of rotatable bonds is 0. The number of Topliss-reactive ketones (excluding diaryl/α,β-unsaturated/α-hetero) is 1. The molecule has 1 aromatic heterocycles. The molecule has 0 saturated carbocycles. The van der Waals surface area contributed by atoms with Gasteiger partial charge in [-0.2, -0.15) is 0 Å². The Labute approximate surface area is 81.1 Å². The smallest absolute Gasteiger partial charge is 0.177 e. The van der Waals surface area contributed by atoms with Gasteiger partial charge >= 0.3 is 0 Å². The first-order chi connectivity index (χ1) is 6.86. The zero-order chi connectivity index (χ0) is 9.54. The standard InChI is InChI=1S/C11H10N2O/c14-10-6-12-4-7-5-13-9-3-1-2-8(10)11(7)9/h1-3,5,12-13H,4,6H2.